The van der Waals surface area contributed by atoms with Gasteiger partial charge in [0.25, 0.3) is 0 Å². The van der Waals surface area contributed by atoms with Crippen LogP contribution in [0.2, 0.25) is 0 Å². The van der Waals surface area contributed by atoms with Crippen molar-refractivity contribution < 1.29 is 0 Å². The van der Waals surface area contributed by atoms with Gasteiger partial charge in [0, 0.05) is 38.3 Å². The molecule has 0 radical (unpaired) electrons. The Balaban J connectivity index is 1.06. The molecule has 290 valence electrons. The SMILES string of the molecule is C=C(N=C(N=C(CCCC)c1ccccc1)C1=CCC(n2c3ccccc3c3c(-c4ccc5c(c4)c4ccccc4n5-c4ccccc4)cccc32)C=C1)c1ccccc1. The summed E-state index contributed by atoms with van der Waals surface area (Å²) >= 11 is 0. The summed E-state index contributed by atoms with van der Waals surface area (Å²) in [6.45, 7) is 6.62. The fourth-order valence-electron chi connectivity index (χ4n) is 8.95. The van der Waals surface area contributed by atoms with Crippen molar-refractivity contribution in [1.29, 1.82) is 0 Å². The Labute approximate surface area is 351 Å². The van der Waals surface area contributed by atoms with Gasteiger partial charge in [0.15, 0.2) is 5.84 Å². The normalized spacial score (nSPS) is 14.7. The molecule has 1 aliphatic rings. The molecule has 0 fully saturated rings. The van der Waals surface area contributed by atoms with Crippen LogP contribution in [0.3, 0.4) is 0 Å². The zero-order valence-corrected chi connectivity index (χ0v) is 33.9. The third kappa shape index (κ3) is 6.80. The predicted octanol–water partition coefficient (Wildman–Crippen LogP) is 14.7. The van der Waals surface area contributed by atoms with E-state index in [1.54, 1.807) is 0 Å². The number of para-hydroxylation sites is 3. The highest BCUT2D eigenvalue weighted by atomic mass is 15.0. The Kier molecular flexibility index (Phi) is 9.96. The highest BCUT2D eigenvalue weighted by Crippen LogP contribution is 2.42. The lowest BCUT2D eigenvalue weighted by molar-refractivity contribution is 0.646. The van der Waals surface area contributed by atoms with Gasteiger partial charge in [-0.3, -0.25) is 0 Å². The average Bonchev–Trinajstić information content (AvgIpc) is 3.83. The smallest absolute Gasteiger partial charge is 0.159 e. The second-order valence-corrected chi connectivity index (χ2v) is 15.6. The Morgan fingerprint density at radius 1 is 0.617 bits per heavy atom. The maximum Gasteiger partial charge on any atom is 0.159 e. The van der Waals surface area contributed by atoms with E-state index in [0.29, 0.717) is 11.5 Å². The number of allylic oxidation sites excluding steroid dienone is 2. The lowest BCUT2D eigenvalue weighted by Gasteiger charge is -2.21. The molecular weight excluding hydrogens is 729 g/mol. The molecule has 0 aliphatic heterocycles. The number of fused-ring (bicyclic) bond motifs is 6. The van der Waals surface area contributed by atoms with Gasteiger partial charge in [0.05, 0.1) is 34.0 Å². The van der Waals surface area contributed by atoms with E-state index in [1.807, 2.05) is 18.2 Å². The van der Waals surface area contributed by atoms with Crippen molar-refractivity contribution in [2.24, 2.45) is 9.98 Å². The van der Waals surface area contributed by atoms with Gasteiger partial charge in [-0.15, -0.1) is 0 Å². The quantitative estimate of drug-likeness (QED) is 0.0980. The van der Waals surface area contributed by atoms with Gasteiger partial charge in [-0.05, 0) is 84.0 Å². The topological polar surface area (TPSA) is 34.6 Å². The molecule has 0 spiro atoms. The van der Waals surface area contributed by atoms with Crippen LogP contribution in [0.25, 0.3) is 66.1 Å². The van der Waals surface area contributed by atoms with E-state index in [2.05, 4.69) is 199 Å². The summed E-state index contributed by atoms with van der Waals surface area (Å²) in [7, 11) is 0. The molecule has 1 atom stereocenters. The lowest BCUT2D eigenvalue weighted by atomic mass is 9.97. The van der Waals surface area contributed by atoms with Gasteiger partial charge in [0.2, 0.25) is 0 Å². The molecule has 1 aliphatic carbocycles. The van der Waals surface area contributed by atoms with E-state index in [0.717, 1.165) is 48.1 Å². The summed E-state index contributed by atoms with van der Waals surface area (Å²) in [6.07, 6.45) is 10.7. The Hall–Kier alpha value is -7.30. The minimum atomic E-state index is 0.106. The Morgan fingerprint density at radius 3 is 2.00 bits per heavy atom. The second-order valence-electron chi connectivity index (χ2n) is 15.6. The van der Waals surface area contributed by atoms with E-state index in [1.165, 1.54) is 60.4 Å². The standard InChI is InChI=1S/C56H46N4/c1-3-4-28-50(41-21-10-6-11-22-41)58-56(57-39(2)40-19-8-5-9-20-40)42-32-35-45(36-33-42)60-52-30-17-15-26-48(52)55-46(27-18-31-54(55)60)43-34-37-53-49(38-43)47-25-14-16-29-51(47)59(53)44-23-12-7-13-24-44/h5-27,29-35,37-38,45H,2-4,28,36H2,1H3. The number of unbranched alkanes of at least 4 members (excludes halogenated alkanes) is 1. The van der Waals surface area contributed by atoms with Gasteiger partial charge in [-0.25, -0.2) is 9.98 Å². The summed E-state index contributed by atoms with van der Waals surface area (Å²) in [5.41, 5.74) is 13.4. The van der Waals surface area contributed by atoms with E-state index < -0.39 is 0 Å². The van der Waals surface area contributed by atoms with E-state index in [9.17, 15) is 0 Å². The number of hydrogen-bond acceptors (Lipinski definition) is 1. The van der Waals surface area contributed by atoms with Crippen LogP contribution < -0.4 is 0 Å². The summed E-state index contributed by atoms with van der Waals surface area (Å²) in [5.74, 6) is 0.696. The van der Waals surface area contributed by atoms with Gasteiger partial charge in [0.1, 0.15) is 0 Å². The van der Waals surface area contributed by atoms with Crippen LogP contribution in [0.1, 0.15) is 49.8 Å². The van der Waals surface area contributed by atoms with Crippen molar-refractivity contribution in [2.45, 2.75) is 38.6 Å². The maximum absolute atomic E-state index is 5.34. The number of benzene rings is 7. The Bertz CT molecular complexity index is 3160. The van der Waals surface area contributed by atoms with Crippen LogP contribution >= 0.6 is 0 Å². The van der Waals surface area contributed by atoms with Gasteiger partial charge >= 0.3 is 0 Å². The van der Waals surface area contributed by atoms with Gasteiger partial charge < -0.3 is 9.13 Å². The molecule has 4 nitrogen and oxygen atoms in total. The van der Waals surface area contributed by atoms with Crippen molar-refractivity contribution in [3.63, 3.8) is 0 Å². The minimum Gasteiger partial charge on any atom is -0.333 e. The highest BCUT2D eigenvalue weighted by Gasteiger charge is 2.22. The van der Waals surface area contributed by atoms with Gasteiger partial charge in [-0.2, -0.15) is 0 Å². The molecule has 4 heteroatoms. The third-order valence-electron chi connectivity index (χ3n) is 11.9. The molecule has 10 rings (SSSR count). The zero-order valence-electron chi connectivity index (χ0n) is 33.9. The molecule has 0 bridgehead atoms. The summed E-state index contributed by atoms with van der Waals surface area (Å²) in [6, 6.07) is 62.9. The van der Waals surface area contributed by atoms with Crippen LogP contribution in [-0.2, 0) is 0 Å². The molecule has 7 aromatic carbocycles. The summed E-state index contributed by atoms with van der Waals surface area (Å²) in [4.78, 5) is 10.5. The monoisotopic (exact) mass is 774 g/mol. The molecule has 2 heterocycles. The first kappa shape index (κ1) is 37.0. The molecule has 0 N–H and O–H groups in total. The van der Waals surface area contributed by atoms with Crippen LogP contribution in [0.15, 0.2) is 216 Å². The van der Waals surface area contributed by atoms with E-state index >= 15 is 0 Å². The van der Waals surface area contributed by atoms with Crippen molar-refractivity contribution in [3.05, 3.63) is 217 Å². The van der Waals surface area contributed by atoms with Crippen molar-refractivity contribution in [3.8, 4) is 16.8 Å². The fourth-order valence-corrected chi connectivity index (χ4v) is 8.95. The zero-order chi connectivity index (χ0) is 40.4. The number of aliphatic imine (C=N–C) groups is 2. The second kappa shape index (κ2) is 16.2. The molecule has 2 aromatic heterocycles. The van der Waals surface area contributed by atoms with Crippen LogP contribution in [0, 0.1) is 0 Å². The molecular formula is C56H46N4. The van der Waals surface area contributed by atoms with Crippen molar-refractivity contribution >= 4 is 60.9 Å². The number of rotatable bonds is 10. The Morgan fingerprint density at radius 2 is 1.27 bits per heavy atom. The van der Waals surface area contributed by atoms with Crippen LogP contribution in [-0.4, -0.2) is 20.7 Å². The predicted molar refractivity (Wildman–Crippen MR) is 256 cm³/mol. The van der Waals surface area contributed by atoms with Crippen LogP contribution in [0.5, 0.6) is 0 Å². The molecule has 1 unspecified atom stereocenters. The number of amidine groups is 1. The molecule has 0 saturated carbocycles. The largest absolute Gasteiger partial charge is 0.333 e. The van der Waals surface area contributed by atoms with E-state index in [-0.39, 0.29) is 6.04 Å². The highest BCUT2D eigenvalue weighted by molar-refractivity contribution is 6.17. The third-order valence-corrected chi connectivity index (χ3v) is 11.9. The van der Waals surface area contributed by atoms with Gasteiger partial charge in [-0.1, -0.05) is 172 Å². The molecule has 0 saturated heterocycles. The molecule has 0 amide bonds. The maximum atomic E-state index is 5.34. The molecule has 9 aromatic rings. The van der Waals surface area contributed by atoms with E-state index in [4.69, 9.17) is 9.98 Å². The summed E-state index contributed by atoms with van der Waals surface area (Å²) in [5, 5.41) is 5.04. The number of nitrogens with zero attached hydrogens (tertiary/aromatic N) is 4. The van der Waals surface area contributed by atoms with Crippen LogP contribution in [0.4, 0.5) is 0 Å². The minimum absolute atomic E-state index is 0.106. The van der Waals surface area contributed by atoms with Crippen molar-refractivity contribution in [2.75, 3.05) is 0 Å². The average molecular weight is 775 g/mol. The first-order valence-electron chi connectivity index (χ1n) is 21.1. The fraction of sp³-hybridized carbons (Fsp3) is 0.107. The number of hydrogen-bond donors (Lipinski definition) is 0. The molecule has 60 heavy (non-hydrogen) atoms. The number of aromatic nitrogens is 2. The first-order valence-corrected chi connectivity index (χ1v) is 21.1. The van der Waals surface area contributed by atoms with Crippen molar-refractivity contribution in [1.82, 2.24) is 9.13 Å². The lowest BCUT2D eigenvalue weighted by Crippen LogP contribution is -2.12. The summed E-state index contributed by atoms with van der Waals surface area (Å²) < 4.78 is 4.90. The first-order chi connectivity index (χ1) is 29.7.